The van der Waals surface area contributed by atoms with E-state index >= 15 is 0 Å². The predicted molar refractivity (Wildman–Crippen MR) is 142 cm³/mol. The Kier molecular flexibility index (Phi) is 10.4. The van der Waals surface area contributed by atoms with Gasteiger partial charge in [-0.15, -0.1) is 0 Å². The van der Waals surface area contributed by atoms with Gasteiger partial charge in [0, 0.05) is 26.1 Å². The van der Waals surface area contributed by atoms with Crippen molar-refractivity contribution >= 4 is 50.7 Å². The van der Waals surface area contributed by atoms with Gasteiger partial charge in [-0.1, -0.05) is 41.4 Å². The first kappa shape index (κ1) is 28.9. The number of hydrogen-bond acceptors (Lipinski definition) is 4. The molecular formula is C25H33Cl2N3O4S. The Bertz CT molecular complexity index is 1170. The van der Waals surface area contributed by atoms with Crippen LogP contribution in [0.2, 0.25) is 10.0 Å². The lowest BCUT2D eigenvalue weighted by Crippen LogP contribution is -2.47. The van der Waals surface area contributed by atoms with E-state index in [-0.39, 0.29) is 31.3 Å². The second-order valence-electron chi connectivity index (χ2n) is 8.50. The van der Waals surface area contributed by atoms with Crippen molar-refractivity contribution in [2.24, 2.45) is 0 Å². The standard InChI is InChI=1S/C25H33Cl2N3O4S/c1-6-28-25(32)19(4)29(16-20-12-13-21(26)22(27)15-20)24(31)11-8-14-30(35(5,33)34)23-10-7-9-17(2)18(23)3/h7,9-10,12-13,15,19H,6,8,11,14,16H2,1-5H3,(H,28,32). The molecule has 2 rings (SSSR count). The van der Waals surface area contributed by atoms with E-state index in [4.69, 9.17) is 23.2 Å². The monoisotopic (exact) mass is 541 g/mol. The Morgan fingerprint density at radius 1 is 1.09 bits per heavy atom. The second kappa shape index (κ2) is 12.6. The molecule has 0 aromatic heterocycles. The average Bonchev–Trinajstić information content (AvgIpc) is 2.78. The minimum absolute atomic E-state index is 0.0714. The summed E-state index contributed by atoms with van der Waals surface area (Å²) < 4.78 is 26.4. The fraction of sp³-hybridized carbons (Fsp3) is 0.440. The highest BCUT2D eigenvalue weighted by Crippen LogP contribution is 2.26. The summed E-state index contributed by atoms with van der Waals surface area (Å²) in [4.78, 5) is 27.3. The third-order valence-corrected chi connectivity index (χ3v) is 7.77. The maximum absolute atomic E-state index is 13.3. The Balaban J connectivity index is 2.21. The molecular weight excluding hydrogens is 509 g/mol. The second-order valence-corrected chi connectivity index (χ2v) is 11.2. The highest BCUT2D eigenvalue weighted by atomic mass is 35.5. The van der Waals surface area contributed by atoms with Gasteiger partial charge in [-0.25, -0.2) is 8.42 Å². The number of nitrogens with one attached hydrogen (secondary N) is 1. The van der Waals surface area contributed by atoms with Crippen LogP contribution in [0.5, 0.6) is 0 Å². The Labute approximate surface area is 218 Å². The number of benzene rings is 2. The van der Waals surface area contributed by atoms with Crippen molar-refractivity contribution in [3.8, 4) is 0 Å². The molecule has 10 heteroatoms. The quantitative estimate of drug-likeness (QED) is 0.446. The normalized spacial score (nSPS) is 12.2. The third-order valence-electron chi connectivity index (χ3n) is 5.85. The van der Waals surface area contributed by atoms with E-state index < -0.39 is 16.1 Å². The number of nitrogens with zero attached hydrogens (tertiary/aromatic N) is 2. The number of halogens is 2. The van der Waals surface area contributed by atoms with Gasteiger partial charge in [0.15, 0.2) is 0 Å². The zero-order chi connectivity index (χ0) is 26.3. The molecule has 0 aliphatic carbocycles. The van der Waals surface area contributed by atoms with Gasteiger partial charge in [0.2, 0.25) is 21.8 Å². The smallest absolute Gasteiger partial charge is 0.242 e. The topological polar surface area (TPSA) is 86.8 Å². The van der Waals surface area contributed by atoms with Crippen molar-refractivity contribution in [2.45, 2.75) is 53.1 Å². The number of rotatable bonds is 11. The van der Waals surface area contributed by atoms with E-state index in [0.717, 1.165) is 22.9 Å². The van der Waals surface area contributed by atoms with Crippen LogP contribution in [-0.2, 0) is 26.2 Å². The Hall–Kier alpha value is -2.29. The average molecular weight is 543 g/mol. The fourth-order valence-electron chi connectivity index (χ4n) is 3.73. The highest BCUT2D eigenvalue weighted by Gasteiger charge is 2.27. The number of likely N-dealkylation sites (N-methyl/N-ethyl adjacent to an activating group) is 1. The van der Waals surface area contributed by atoms with Crippen LogP contribution in [0.3, 0.4) is 0 Å². The minimum atomic E-state index is -3.55. The van der Waals surface area contributed by atoms with Crippen molar-refractivity contribution in [3.05, 3.63) is 63.1 Å². The van der Waals surface area contributed by atoms with Crippen LogP contribution in [-0.4, -0.2) is 50.5 Å². The molecule has 192 valence electrons. The number of sulfonamides is 1. The maximum Gasteiger partial charge on any atom is 0.242 e. The molecule has 0 aliphatic rings. The molecule has 2 aromatic carbocycles. The van der Waals surface area contributed by atoms with E-state index in [9.17, 15) is 18.0 Å². The summed E-state index contributed by atoms with van der Waals surface area (Å²) in [7, 11) is -3.55. The van der Waals surface area contributed by atoms with E-state index in [2.05, 4.69) is 5.32 Å². The van der Waals surface area contributed by atoms with Gasteiger partial charge >= 0.3 is 0 Å². The van der Waals surface area contributed by atoms with Crippen molar-refractivity contribution in [2.75, 3.05) is 23.7 Å². The molecule has 1 atom stereocenters. The maximum atomic E-state index is 13.3. The molecule has 0 aliphatic heterocycles. The molecule has 35 heavy (non-hydrogen) atoms. The Morgan fingerprint density at radius 3 is 2.37 bits per heavy atom. The molecule has 0 saturated heterocycles. The largest absolute Gasteiger partial charge is 0.355 e. The summed E-state index contributed by atoms with van der Waals surface area (Å²) in [5.74, 6) is -0.529. The molecule has 0 fully saturated rings. The fourth-order valence-corrected chi connectivity index (χ4v) is 5.06. The van der Waals surface area contributed by atoms with E-state index in [1.54, 1.807) is 31.2 Å². The molecule has 2 aromatic rings. The summed E-state index contributed by atoms with van der Waals surface area (Å²) in [6.45, 7) is 8.03. The van der Waals surface area contributed by atoms with Crippen LogP contribution < -0.4 is 9.62 Å². The first-order valence-corrected chi connectivity index (χ1v) is 14.0. The summed E-state index contributed by atoms with van der Waals surface area (Å²) in [5.41, 5.74) is 3.19. The van der Waals surface area contributed by atoms with E-state index in [1.165, 1.54) is 9.21 Å². The van der Waals surface area contributed by atoms with Gasteiger partial charge in [-0.05, 0) is 69.0 Å². The van der Waals surface area contributed by atoms with Crippen LogP contribution in [0.25, 0.3) is 0 Å². The zero-order valence-electron chi connectivity index (χ0n) is 20.8. The molecule has 0 radical (unpaired) electrons. The number of anilines is 1. The van der Waals surface area contributed by atoms with Crippen LogP contribution >= 0.6 is 23.2 Å². The summed E-state index contributed by atoms with van der Waals surface area (Å²) in [6.07, 6.45) is 1.52. The lowest BCUT2D eigenvalue weighted by atomic mass is 10.1. The van der Waals surface area contributed by atoms with Crippen LogP contribution in [0, 0.1) is 13.8 Å². The predicted octanol–water partition coefficient (Wildman–Crippen LogP) is 4.71. The zero-order valence-corrected chi connectivity index (χ0v) is 23.1. The minimum Gasteiger partial charge on any atom is -0.355 e. The molecule has 0 spiro atoms. The summed E-state index contributed by atoms with van der Waals surface area (Å²) in [6, 6.07) is 9.85. The molecule has 0 saturated carbocycles. The molecule has 2 amide bonds. The lowest BCUT2D eigenvalue weighted by Gasteiger charge is -2.29. The Morgan fingerprint density at radius 2 is 1.77 bits per heavy atom. The van der Waals surface area contributed by atoms with Crippen LogP contribution in [0.4, 0.5) is 5.69 Å². The number of carbonyl (C=O) groups is 2. The first-order chi connectivity index (χ1) is 16.4. The van der Waals surface area contributed by atoms with Gasteiger partial charge in [0.1, 0.15) is 6.04 Å². The van der Waals surface area contributed by atoms with E-state index in [0.29, 0.717) is 28.7 Å². The SMILES string of the molecule is CCNC(=O)C(C)N(Cc1ccc(Cl)c(Cl)c1)C(=O)CCCN(c1cccc(C)c1C)S(C)(=O)=O. The summed E-state index contributed by atoms with van der Waals surface area (Å²) in [5, 5.41) is 3.51. The van der Waals surface area contributed by atoms with Crippen molar-refractivity contribution in [1.29, 1.82) is 0 Å². The highest BCUT2D eigenvalue weighted by molar-refractivity contribution is 7.92. The molecule has 1 unspecified atom stereocenters. The van der Waals surface area contributed by atoms with Gasteiger partial charge in [-0.3, -0.25) is 13.9 Å². The first-order valence-electron chi connectivity index (χ1n) is 11.4. The van der Waals surface area contributed by atoms with E-state index in [1.807, 2.05) is 32.9 Å². The van der Waals surface area contributed by atoms with Gasteiger partial charge < -0.3 is 10.2 Å². The molecule has 7 nitrogen and oxygen atoms in total. The third kappa shape index (κ3) is 7.85. The lowest BCUT2D eigenvalue weighted by molar-refractivity contribution is -0.140. The molecule has 0 bridgehead atoms. The van der Waals surface area contributed by atoms with Gasteiger partial charge in [-0.2, -0.15) is 0 Å². The molecule has 1 N–H and O–H groups in total. The van der Waals surface area contributed by atoms with Gasteiger partial charge in [0.25, 0.3) is 0 Å². The number of amides is 2. The number of aryl methyl sites for hydroxylation is 1. The van der Waals surface area contributed by atoms with Crippen molar-refractivity contribution < 1.29 is 18.0 Å². The van der Waals surface area contributed by atoms with Crippen molar-refractivity contribution in [3.63, 3.8) is 0 Å². The number of carbonyl (C=O) groups excluding carboxylic acids is 2. The van der Waals surface area contributed by atoms with Crippen LogP contribution in [0.15, 0.2) is 36.4 Å². The number of hydrogen-bond donors (Lipinski definition) is 1. The van der Waals surface area contributed by atoms with Crippen LogP contribution in [0.1, 0.15) is 43.4 Å². The summed E-state index contributed by atoms with van der Waals surface area (Å²) >= 11 is 12.1. The van der Waals surface area contributed by atoms with Crippen molar-refractivity contribution in [1.82, 2.24) is 10.2 Å². The molecule has 0 heterocycles. The van der Waals surface area contributed by atoms with Gasteiger partial charge in [0.05, 0.1) is 22.0 Å².